The Morgan fingerprint density at radius 2 is 1.00 bits per heavy atom. The zero-order chi connectivity index (χ0) is 33.4. The molecule has 13 heteroatoms. The fourth-order valence-electron chi connectivity index (χ4n) is 4.57. The molecule has 12 nitrogen and oxygen atoms in total. The Morgan fingerprint density at radius 3 is 1.44 bits per heavy atom. The molecule has 0 amide bonds. The van der Waals surface area contributed by atoms with Crippen LogP contribution in [0.3, 0.4) is 0 Å². The van der Waals surface area contributed by atoms with E-state index in [4.69, 9.17) is 28.6 Å². The molecule has 2 unspecified atom stereocenters. The van der Waals surface area contributed by atoms with Crippen LogP contribution < -0.4 is 0 Å². The van der Waals surface area contributed by atoms with Gasteiger partial charge in [0.2, 0.25) is 0 Å². The lowest BCUT2D eigenvalue weighted by atomic mass is 10.1. The smallest absolute Gasteiger partial charge is 0.462 e. The van der Waals surface area contributed by atoms with Crippen molar-refractivity contribution >= 4 is 19.8 Å². The minimum Gasteiger partial charge on any atom is -0.462 e. The summed E-state index contributed by atoms with van der Waals surface area (Å²) in [5, 5.41) is 18.2. The Balaban J connectivity index is 4.39. The van der Waals surface area contributed by atoms with Crippen LogP contribution in [0.2, 0.25) is 0 Å². The van der Waals surface area contributed by atoms with Gasteiger partial charge >= 0.3 is 19.8 Å². The van der Waals surface area contributed by atoms with Gasteiger partial charge in [-0.2, -0.15) is 0 Å². The number of methoxy groups -OCH3 is 2. The van der Waals surface area contributed by atoms with Gasteiger partial charge in [-0.1, -0.05) is 89.9 Å². The minimum absolute atomic E-state index is 0.171. The zero-order valence-electron chi connectivity index (χ0n) is 28.0. The number of aliphatic hydroxyl groups is 2. The third-order valence-electron chi connectivity index (χ3n) is 7.25. The van der Waals surface area contributed by atoms with Gasteiger partial charge < -0.3 is 34.1 Å². The van der Waals surface area contributed by atoms with Crippen LogP contribution in [-0.2, 0) is 42.1 Å². The topological polar surface area (TPSA) is 167 Å². The van der Waals surface area contributed by atoms with E-state index in [1.54, 1.807) is 14.2 Å². The number of esters is 2. The number of ether oxygens (including phenoxy) is 4. The Hall–Kier alpha value is -1.11. The van der Waals surface area contributed by atoms with Gasteiger partial charge in [0, 0.05) is 40.3 Å². The number of aliphatic hydroxyl groups excluding tert-OH is 2. The van der Waals surface area contributed by atoms with E-state index in [0.29, 0.717) is 12.8 Å². The highest BCUT2D eigenvalue weighted by Crippen LogP contribution is 2.43. The molecule has 0 bridgehead atoms. The molecular formula is C32H63O12P. The average Bonchev–Trinajstić information content (AvgIpc) is 3.02. The van der Waals surface area contributed by atoms with Crippen LogP contribution in [0.5, 0.6) is 0 Å². The van der Waals surface area contributed by atoms with E-state index in [1.165, 1.54) is 44.9 Å². The highest BCUT2D eigenvalue weighted by molar-refractivity contribution is 7.47. The Kier molecular flexibility index (Phi) is 30.7. The molecule has 0 radical (unpaired) electrons. The number of hydrogen-bond acceptors (Lipinski definition) is 11. The largest absolute Gasteiger partial charge is 0.472 e. The van der Waals surface area contributed by atoms with Crippen molar-refractivity contribution in [2.24, 2.45) is 0 Å². The average molecular weight is 671 g/mol. The molecule has 0 saturated carbocycles. The monoisotopic (exact) mass is 670 g/mol. The van der Waals surface area contributed by atoms with E-state index in [1.807, 2.05) is 0 Å². The lowest BCUT2D eigenvalue weighted by Gasteiger charge is -2.20. The van der Waals surface area contributed by atoms with Crippen molar-refractivity contribution in [3.8, 4) is 0 Å². The van der Waals surface area contributed by atoms with Crippen LogP contribution in [0.4, 0.5) is 0 Å². The third-order valence-corrected chi connectivity index (χ3v) is 8.20. The summed E-state index contributed by atoms with van der Waals surface area (Å²) in [6.07, 6.45) is 17.1. The normalized spacial score (nSPS) is 14.2. The summed E-state index contributed by atoms with van der Waals surface area (Å²) >= 11 is 0. The number of rotatable bonds is 34. The van der Waals surface area contributed by atoms with Gasteiger partial charge in [0.25, 0.3) is 0 Å². The molecule has 0 aliphatic heterocycles. The number of phosphoric acid groups is 1. The fraction of sp³-hybridized carbons (Fsp3) is 0.938. The molecule has 0 aromatic heterocycles. The van der Waals surface area contributed by atoms with Crippen LogP contribution in [0.1, 0.15) is 128 Å². The van der Waals surface area contributed by atoms with Gasteiger partial charge in [-0.3, -0.25) is 18.6 Å². The zero-order valence-corrected chi connectivity index (χ0v) is 28.9. The maximum atomic E-state index is 12.5. The summed E-state index contributed by atoms with van der Waals surface area (Å²) < 4.78 is 42.5. The SMILES string of the molecule is COCCCCCCCCCCCC(=O)OC[C@H](COP(=O)(O)OCC(O)CO)OC(=O)CCCCCCCCCCCOC. The molecule has 3 atom stereocenters. The van der Waals surface area contributed by atoms with E-state index in [9.17, 15) is 24.2 Å². The Bertz CT molecular complexity index is 739. The molecule has 0 spiro atoms. The summed E-state index contributed by atoms with van der Waals surface area (Å²) in [7, 11) is -1.17. The molecule has 3 N–H and O–H groups in total. The maximum absolute atomic E-state index is 12.5. The quantitative estimate of drug-likeness (QED) is 0.0414. The number of carbonyl (C=O) groups excluding carboxylic acids is 2. The molecule has 0 fully saturated rings. The molecule has 0 heterocycles. The molecule has 45 heavy (non-hydrogen) atoms. The second-order valence-electron chi connectivity index (χ2n) is 11.5. The first kappa shape index (κ1) is 43.9. The van der Waals surface area contributed by atoms with Crippen LogP contribution in [-0.4, -0.2) is 93.1 Å². The van der Waals surface area contributed by atoms with Gasteiger partial charge in [0.1, 0.15) is 12.7 Å². The van der Waals surface area contributed by atoms with Crippen molar-refractivity contribution in [1.82, 2.24) is 0 Å². The Morgan fingerprint density at radius 1 is 0.600 bits per heavy atom. The van der Waals surface area contributed by atoms with E-state index in [-0.39, 0.29) is 19.4 Å². The van der Waals surface area contributed by atoms with Crippen molar-refractivity contribution in [3.05, 3.63) is 0 Å². The third kappa shape index (κ3) is 31.3. The van der Waals surface area contributed by atoms with Crippen molar-refractivity contribution < 1.29 is 57.3 Å². The van der Waals surface area contributed by atoms with E-state index in [0.717, 1.165) is 71.0 Å². The molecule has 0 aliphatic carbocycles. The highest BCUT2D eigenvalue weighted by Gasteiger charge is 2.27. The standard InChI is InChI=1S/C32H63O12P/c1-39-23-19-15-11-7-3-5-9-13-17-21-31(35)41-27-30(28-43-45(37,38)42-26-29(34)25-33)44-32(36)22-18-14-10-6-4-8-12-16-20-24-40-2/h29-30,33-34H,3-28H2,1-2H3,(H,37,38)/t29?,30-/m1/s1. The van der Waals surface area contributed by atoms with Crippen LogP contribution in [0, 0.1) is 0 Å². The first-order valence-corrected chi connectivity index (χ1v) is 18.5. The molecule has 0 aromatic rings. The van der Waals surface area contributed by atoms with E-state index < -0.39 is 51.8 Å². The summed E-state index contributed by atoms with van der Waals surface area (Å²) in [6.45, 7) is -0.512. The molecular weight excluding hydrogens is 607 g/mol. The van der Waals surface area contributed by atoms with Crippen molar-refractivity contribution in [2.45, 2.75) is 141 Å². The Labute approximate surface area is 271 Å². The lowest BCUT2D eigenvalue weighted by Crippen LogP contribution is -2.29. The number of hydrogen-bond donors (Lipinski definition) is 3. The fourth-order valence-corrected chi connectivity index (χ4v) is 5.36. The van der Waals surface area contributed by atoms with Crippen molar-refractivity contribution in [2.75, 3.05) is 53.9 Å². The summed E-state index contributed by atoms with van der Waals surface area (Å²) in [6, 6.07) is 0. The highest BCUT2D eigenvalue weighted by atomic mass is 31.2. The lowest BCUT2D eigenvalue weighted by molar-refractivity contribution is -0.161. The molecule has 0 aliphatic rings. The summed E-state index contributed by atoms with van der Waals surface area (Å²) in [4.78, 5) is 34.6. The minimum atomic E-state index is -4.61. The second-order valence-corrected chi connectivity index (χ2v) is 13.0. The number of phosphoric ester groups is 1. The number of carbonyl (C=O) groups is 2. The number of unbranched alkanes of at least 4 members (excludes halogenated alkanes) is 16. The van der Waals surface area contributed by atoms with Crippen molar-refractivity contribution in [1.29, 1.82) is 0 Å². The molecule has 0 rings (SSSR count). The van der Waals surface area contributed by atoms with Gasteiger partial charge in [-0.25, -0.2) is 4.57 Å². The summed E-state index contributed by atoms with van der Waals surface area (Å²) in [5.74, 6) is -0.955. The first-order valence-electron chi connectivity index (χ1n) is 17.0. The first-order chi connectivity index (χ1) is 21.7. The van der Waals surface area contributed by atoms with Crippen LogP contribution in [0.25, 0.3) is 0 Å². The van der Waals surface area contributed by atoms with Crippen LogP contribution >= 0.6 is 7.82 Å². The van der Waals surface area contributed by atoms with E-state index >= 15 is 0 Å². The molecule has 0 aromatic carbocycles. The van der Waals surface area contributed by atoms with Crippen molar-refractivity contribution in [3.63, 3.8) is 0 Å². The maximum Gasteiger partial charge on any atom is 0.472 e. The van der Waals surface area contributed by atoms with Gasteiger partial charge in [-0.05, 0) is 25.7 Å². The van der Waals surface area contributed by atoms with Crippen LogP contribution in [0.15, 0.2) is 0 Å². The summed E-state index contributed by atoms with van der Waals surface area (Å²) in [5.41, 5.74) is 0. The van der Waals surface area contributed by atoms with Gasteiger partial charge in [-0.15, -0.1) is 0 Å². The molecule has 0 saturated heterocycles. The molecule has 268 valence electrons. The van der Waals surface area contributed by atoms with E-state index in [2.05, 4.69) is 4.52 Å². The van der Waals surface area contributed by atoms with Gasteiger partial charge in [0.15, 0.2) is 6.10 Å². The predicted molar refractivity (Wildman–Crippen MR) is 172 cm³/mol. The predicted octanol–water partition coefficient (Wildman–Crippen LogP) is 6.02. The van der Waals surface area contributed by atoms with Gasteiger partial charge in [0.05, 0.1) is 19.8 Å². The second kappa shape index (κ2) is 31.5.